The molecule has 10 heteroatoms. The summed E-state index contributed by atoms with van der Waals surface area (Å²) in [5.41, 5.74) is 0.0997. The molecule has 0 spiro atoms. The molecule has 190 valence electrons. The smallest absolute Gasteiger partial charge is 0.270 e. The highest BCUT2D eigenvalue weighted by Crippen LogP contribution is 2.32. The van der Waals surface area contributed by atoms with E-state index in [0.29, 0.717) is 24.5 Å². The standard InChI is InChI=1S/C25H30F2N2O5S/c1-25(26,27)17-7-9-19(10-8-17)33-20-13-14-29(16-20)24(30)22-15-21(35(31,32)28-2)11-12-23(22)34-18-5-3-4-6-18/h7-12,15,18,20,28H,3-6,13-14,16H2,1-2H3. The molecule has 4 rings (SSSR count). The summed E-state index contributed by atoms with van der Waals surface area (Å²) < 4.78 is 65.9. The average molecular weight is 509 g/mol. The normalized spacial score (nSPS) is 19.2. The highest BCUT2D eigenvalue weighted by Gasteiger charge is 2.32. The SMILES string of the molecule is CNS(=O)(=O)c1ccc(OC2CCCC2)c(C(=O)N2CCC(Oc3ccc(C(C)(F)F)cc3)C2)c1. The van der Waals surface area contributed by atoms with Crippen molar-refractivity contribution >= 4 is 15.9 Å². The van der Waals surface area contributed by atoms with Crippen LogP contribution in [0.1, 0.15) is 54.9 Å². The molecule has 0 radical (unpaired) electrons. The molecule has 1 unspecified atom stereocenters. The van der Waals surface area contributed by atoms with Crippen LogP contribution in [0.15, 0.2) is 47.4 Å². The molecule has 1 atom stereocenters. The molecular weight excluding hydrogens is 478 g/mol. The molecule has 0 aromatic heterocycles. The van der Waals surface area contributed by atoms with Gasteiger partial charge < -0.3 is 14.4 Å². The Morgan fingerprint density at radius 2 is 1.71 bits per heavy atom. The molecule has 2 fully saturated rings. The Bertz CT molecular complexity index is 1160. The lowest BCUT2D eigenvalue weighted by molar-refractivity contribution is 0.0174. The van der Waals surface area contributed by atoms with Gasteiger partial charge in [-0.3, -0.25) is 4.79 Å². The van der Waals surface area contributed by atoms with Gasteiger partial charge in [0, 0.05) is 25.5 Å². The van der Waals surface area contributed by atoms with Gasteiger partial charge in [-0.1, -0.05) is 0 Å². The molecule has 1 saturated heterocycles. The Balaban J connectivity index is 1.50. The molecule has 1 N–H and O–H groups in total. The summed E-state index contributed by atoms with van der Waals surface area (Å²) in [4.78, 5) is 15.0. The first kappa shape index (κ1) is 25.4. The van der Waals surface area contributed by atoms with Crippen molar-refractivity contribution in [2.75, 3.05) is 20.1 Å². The van der Waals surface area contributed by atoms with Gasteiger partial charge in [-0.05, 0) is 75.2 Å². The number of nitrogens with zero attached hydrogens (tertiary/aromatic N) is 1. The molecule has 2 aromatic carbocycles. The van der Waals surface area contributed by atoms with Gasteiger partial charge in [0.25, 0.3) is 11.8 Å². The summed E-state index contributed by atoms with van der Waals surface area (Å²) in [6, 6.07) is 9.99. The predicted octanol–water partition coefficient (Wildman–Crippen LogP) is 4.32. The van der Waals surface area contributed by atoms with Crippen LogP contribution >= 0.6 is 0 Å². The number of nitrogens with one attached hydrogen (secondary N) is 1. The first-order valence-electron chi connectivity index (χ1n) is 11.8. The number of carbonyl (C=O) groups excluding carboxylic acids is 1. The zero-order valence-electron chi connectivity index (χ0n) is 19.8. The van der Waals surface area contributed by atoms with Crippen LogP contribution in [0.5, 0.6) is 11.5 Å². The fourth-order valence-corrected chi connectivity index (χ4v) is 5.20. The highest BCUT2D eigenvalue weighted by atomic mass is 32.2. The number of halogens is 2. The topological polar surface area (TPSA) is 84.9 Å². The number of alkyl halides is 2. The lowest BCUT2D eigenvalue weighted by Crippen LogP contribution is -2.32. The second kappa shape index (κ2) is 10.1. The Hall–Kier alpha value is -2.72. The van der Waals surface area contributed by atoms with Crippen LogP contribution < -0.4 is 14.2 Å². The van der Waals surface area contributed by atoms with E-state index < -0.39 is 15.9 Å². The van der Waals surface area contributed by atoms with Gasteiger partial charge in [0.1, 0.15) is 17.6 Å². The summed E-state index contributed by atoms with van der Waals surface area (Å²) in [5.74, 6) is -2.44. The number of carbonyl (C=O) groups is 1. The summed E-state index contributed by atoms with van der Waals surface area (Å²) in [6.45, 7) is 1.54. The summed E-state index contributed by atoms with van der Waals surface area (Å²) in [6.07, 6.45) is 4.16. The monoisotopic (exact) mass is 508 g/mol. The van der Waals surface area contributed by atoms with E-state index in [4.69, 9.17) is 9.47 Å². The van der Waals surface area contributed by atoms with Crippen LogP contribution in [0.2, 0.25) is 0 Å². The van der Waals surface area contributed by atoms with E-state index in [1.807, 2.05) is 0 Å². The van der Waals surface area contributed by atoms with Crippen molar-refractivity contribution in [1.82, 2.24) is 9.62 Å². The number of likely N-dealkylation sites (tertiary alicyclic amines) is 1. The molecule has 1 saturated carbocycles. The first-order valence-corrected chi connectivity index (χ1v) is 13.2. The molecule has 1 aliphatic carbocycles. The van der Waals surface area contributed by atoms with Gasteiger partial charge in [0.15, 0.2) is 0 Å². The summed E-state index contributed by atoms with van der Waals surface area (Å²) in [7, 11) is -2.43. The highest BCUT2D eigenvalue weighted by molar-refractivity contribution is 7.89. The maximum absolute atomic E-state index is 13.5. The zero-order chi connectivity index (χ0) is 25.2. The Kier molecular flexibility index (Phi) is 7.32. The number of rotatable bonds is 8. The minimum atomic E-state index is -3.74. The molecule has 1 heterocycles. The Morgan fingerprint density at radius 3 is 2.34 bits per heavy atom. The number of ether oxygens (including phenoxy) is 2. The molecule has 1 aliphatic heterocycles. The van der Waals surface area contributed by atoms with E-state index in [1.165, 1.54) is 43.4 Å². The maximum atomic E-state index is 13.5. The largest absolute Gasteiger partial charge is 0.490 e. The van der Waals surface area contributed by atoms with Gasteiger partial charge in [-0.2, -0.15) is 0 Å². The zero-order valence-corrected chi connectivity index (χ0v) is 20.6. The number of hydrogen-bond acceptors (Lipinski definition) is 5. The van der Waals surface area contributed by atoms with Crippen molar-refractivity contribution in [2.45, 2.75) is 62.1 Å². The first-order chi connectivity index (χ1) is 16.6. The van der Waals surface area contributed by atoms with Gasteiger partial charge in [0.05, 0.1) is 23.1 Å². The van der Waals surface area contributed by atoms with Crippen molar-refractivity contribution in [1.29, 1.82) is 0 Å². The van der Waals surface area contributed by atoms with Crippen molar-refractivity contribution in [3.8, 4) is 11.5 Å². The van der Waals surface area contributed by atoms with Crippen molar-refractivity contribution < 1.29 is 31.5 Å². The van der Waals surface area contributed by atoms with Crippen LogP contribution in [0.4, 0.5) is 8.78 Å². The number of benzene rings is 2. The maximum Gasteiger partial charge on any atom is 0.270 e. The third-order valence-corrected chi connectivity index (χ3v) is 7.86. The fraction of sp³-hybridized carbons (Fsp3) is 0.480. The number of sulfonamides is 1. The predicted molar refractivity (Wildman–Crippen MR) is 127 cm³/mol. The second-order valence-electron chi connectivity index (χ2n) is 9.08. The van der Waals surface area contributed by atoms with E-state index >= 15 is 0 Å². The lowest BCUT2D eigenvalue weighted by Gasteiger charge is -2.21. The third kappa shape index (κ3) is 5.92. The summed E-state index contributed by atoms with van der Waals surface area (Å²) in [5, 5.41) is 0. The van der Waals surface area contributed by atoms with Crippen molar-refractivity contribution in [2.24, 2.45) is 0 Å². The van der Waals surface area contributed by atoms with Gasteiger partial charge in [-0.25, -0.2) is 21.9 Å². The van der Waals surface area contributed by atoms with Crippen LogP contribution in [0.3, 0.4) is 0 Å². The van der Waals surface area contributed by atoms with Crippen molar-refractivity contribution in [3.63, 3.8) is 0 Å². The fourth-order valence-electron chi connectivity index (χ4n) is 4.45. The van der Waals surface area contributed by atoms with Gasteiger partial charge in [0.2, 0.25) is 10.0 Å². The lowest BCUT2D eigenvalue weighted by atomic mass is 10.1. The molecule has 7 nitrogen and oxygen atoms in total. The Morgan fingerprint density at radius 1 is 1.03 bits per heavy atom. The van der Waals surface area contributed by atoms with Crippen LogP contribution in [0, 0.1) is 0 Å². The quantitative estimate of drug-likeness (QED) is 0.574. The van der Waals surface area contributed by atoms with Gasteiger partial charge in [-0.15, -0.1) is 0 Å². The van der Waals surface area contributed by atoms with Crippen LogP contribution in [-0.2, 0) is 15.9 Å². The molecular formula is C25H30F2N2O5S. The third-order valence-electron chi connectivity index (χ3n) is 6.45. The average Bonchev–Trinajstić information content (AvgIpc) is 3.51. The van der Waals surface area contributed by atoms with E-state index in [0.717, 1.165) is 32.6 Å². The Labute approximate surface area is 204 Å². The van der Waals surface area contributed by atoms with E-state index in [-0.39, 0.29) is 40.7 Å². The van der Waals surface area contributed by atoms with Crippen LogP contribution in [0.25, 0.3) is 0 Å². The minimum absolute atomic E-state index is 0.00133. The molecule has 1 amide bonds. The van der Waals surface area contributed by atoms with E-state index in [9.17, 15) is 22.0 Å². The second-order valence-corrected chi connectivity index (χ2v) is 11.0. The van der Waals surface area contributed by atoms with E-state index in [2.05, 4.69) is 4.72 Å². The van der Waals surface area contributed by atoms with Gasteiger partial charge >= 0.3 is 0 Å². The molecule has 0 bridgehead atoms. The minimum Gasteiger partial charge on any atom is -0.490 e. The number of hydrogen-bond donors (Lipinski definition) is 1. The van der Waals surface area contributed by atoms with Crippen LogP contribution in [-0.4, -0.2) is 51.6 Å². The van der Waals surface area contributed by atoms with E-state index in [1.54, 1.807) is 11.0 Å². The summed E-state index contributed by atoms with van der Waals surface area (Å²) >= 11 is 0. The van der Waals surface area contributed by atoms with Crippen molar-refractivity contribution in [3.05, 3.63) is 53.6 Å². The number of amides is 1. The molecule has 2 aromatic rings. The molecule has 2 aliphatic rings. The molecule has 35 heavy (non-hydrogen) atoms.